The molecule has 0 saturated heterocycles. The summed E-state index contributed by atoms with van der Waals surface area (Å²) in [5, 5.41) is 25.9. The molecule has 166 valence electrons. The van der Waals surface area contributed by atoms with Crippen molar-refractivity contribution in [1.82, 2.24) is 50.1 Å². The van der Waals surface area contributed by atoms with Crippen LogP contribution in [0.4, 0.5) is 0 Å². The first-order valence-electron chi connectivity index (χ1n) is 10.0. The van der Waals surface area contributed by atoms with Crippen LogP contribution in [0.3, 0.4) is 0 Å². The van der Waals surface area contributed by atoms with Gasteiger partial charge in [-0.2, -0.15) is 5.21 Å². The molecule has 0 spiro atoms. The Kier molecular flexibility index (Phi) is 4.36. The summed E-state index contributed by atoms with van der Waals surface area (Å²) >= 11 is 4.39. The second-order valence-electron chi connectivity index (χ2n) is 7.39. The van der Waals surface area contributed by atoms with Crippen molar-refractivity contribution >= 4 is 56.7 Å². The van der Waals surface area contributed by atoms with Crippen LogP contribution in [-0.2, 0) is 10.3 Å². The molecule has 14 heteroatoms. The smallest absolute Gasteiger partial charge is 0.239 e. The number of H-pyrrole nitrogens is 2. The number of ether oxygens (including phenoxy) is 1. The van der Waals surface area contributed by atoms with Crippen LogP contribution in [0.25, 0.3) is 22.5 Å². The van der Waals surface area contributed by atoms with Crippen molar-refractivity contribution in [2.24, 2.45) is 0 Å². The Hall–Kier alpha value is -3.88. The number of nitrogens with zero attached hydrogens (tertiary/aromatic N) is 8. The Morgan fingerprint density at radius 3 is 2.85 bits per heavy atom. The number of aromatic nitrogens is 10. The van der Waals surface area contributed by atoms with E-state index in [1.807, 2.05) is 34.3 Å². The van der Waals surface area contributed by atoms with E-state index < -0.39 is 11.5 Å². The summed E-state index contributed by atoms with van der Waals surface area (Å²) in [6.45, 7) is 0. The predicted molar refractivity (Wildman–Crippen MR) is 126 cm³/mol. The molecule has 6 aromatic rings. The Morgan fingerprint density at radius 1 is 1.09 bits per heavy atom. The first kappa shape index (κ1) is 19.6. The van der Waals surface area contributed by atoms with Gasteiger partial charge in [-0.15, -0.1) is 38.0 Å². The molecule has 0 fully saturated rings. The minimum Gasteiger partial charge on any atom is -0.471 e. The number of thiophene rings is 1. The summed E-state index contributed by atoms with van der Waals surface area (Å²) in [7, 11) is 0. The summed E-state index contributed by atoms with van der Waals surface area (Å²) in [6.07, 6.45) is 5.19. The van der Waals surface area contributed by atoms with E-state index in [1.165, 1.54) is 22.9 Å². The highest BCUT2D eigenvalue weighted by Gasteiger charge is 2.57. The van der Waals surface area contributed by atoms with Crippen LogP contribution in [0.15, 0.2) is 53.1 Å². The molecule has 0 aliphatic carbocycles. The molecule has 2 atom stereocenters. The van der Waals surface area contributed by atoms with E-state index >= 15 is 0 Å². The fourth-order valence-corrected chi connectivity index (χ4v) is 6.45. The quantitative estimate of drug-likeness (QED) is 0.360. The van der Waals surface area contributed by atoms with E-state index in [0.29, 0.717) is 17.2 Å². The number of tetrazole rings is 1. The Morgan fingerprint density at radius 2 is 2.09 bits per heavy atom. The Labute approximate surface area is 202 Å². The van der Waals surface area contributed by atoms with Crippen molar-refractivity contribution in [2.75, 3.05) is 0 Å². The number of hydrogen-bond acceptors (Lipinski definition) is 12. The molecule has 1 aliphatic heterocycles. The minimum absolute atomic E-state index is 0.340. The molecule has 34 heavy (non-hydrogen) atoms. The molecular weight excluding hydrogens is 492 g/mol. The third kappa shape index (κ3) is 2.79. The molecule has 2 unspecified atom stereocenters. The number of rotatable bonds is 5. The maximum Gasteiger partial charge on any atom is 0.239 e. The summed E-state index contributed by atoms with van der Waals surface area (Å²) in [4.78, 5) is 17.6. The molecule has 0 radical (unpaired) electrons. The number of imidazole rings is 1. The summed E-state index contributed by atoms with van der Waals surface area (Å²) in [5.74, 6) is 0.430. The van der Waals surface area contributed by atoms with Gasteiger partial charge in [0.25, 0.3) is 0 Å². The van der Waals surface area contributed by atoms with Gasteiger partial charge in [0.2, 0.25) is 5.82 Å². The highest BCUT2D eigenvalue weighted by atomic mass is 32.1. The average Bonchev–Trinajstić information content (AvgIpc) is 3.70. The van der Waals surface area contributed by atoms with Gasteiger partial charge in [-0.05, 0) is 34.3 Å². The van der Waals surface area contributed by atoms with Crippen LogP contribution in [0, 0.1) is 0 Å². The molecule has 2 N–H and O–H groups in total. The minimum atomic E-state index is -1.02. The maximum atomic E-state index is 6.96. The van der Waals surface area contributed by atoms with Gasteiger partial charge in [0.1, 0.15) is 5.01 Å². The van der Waals surface area contributed by atoms with E-state index in [-0.39, 0.29) is 0 Å². The van der Waals surface area contributed by atoms with Gasteiger partial charge >= 0.3 is 0 Å². The summed E-state index contributed by atoms with van der Waals surface area (Å²) in [5.41, 5.74) is 2.82. The number of pyridine rings is 1. The first-order valence-corrected chi connectivity index (χ1v) is 12.6. The zero-order valence-electron chi connectivity index (χ0n) is 17.0. The lowest BCUT2D eigenvalue weighted by Gasteiger charge is -2.34. The van der Waals surface area contributed by atoms with Crippen LogP contribution in [0.5, 0.6) is 0 Å². The maximum absolute atomic E-state index is 6.96. The first-order chi connectivity index (χ1) is 16.8. The molecule has 0 amide bonds. The van der Waals surface area contributed by atoms with Gasteiger partial charge in [0, 0.05) is 34.3 Å². The standard InChI is InChI=1S/C20H12N10OS3/c1-2-13(32-4-1)20(10-6-11-17(22-7-10)24-9-23-11)15(12-8-34-30-25-12)14(19-21-3-5-33-19)16(31-20)18-26-28-29-27-18/h1-9,15H,(H,22,23,24)(H,26,27,28,29). The van der Waals surface area contributed by atoms with Crippen LogP contribution in [0.2, 0.25) is 0 Å². The van der Waals surface area contributed by atoms with E-state index in [4.69, 9.17) is 4.74 Å². The molecule has 0 bridgehead atoms. The number of nitrogens with one attached hydrogen (secondary N) is 2. The third-order valence-corrected chi connectivity index (χ3v) is 7.99. The fourth-order valence-electron chi connectivity index (χ4n) is 4.35. The van der Waals surface area contributed by atoms with Crippen molar-refractivity contribution in [2.45, 2.75) is 11.5 Å². The zero-order chi connectivity index (χ0) is 22.5. The summed E-state index contributed by atoms with van der Waals surface area (Å²) < 4.78 is 11.1. The molecule has 11 nitrogen and oxygen atoms in total. The van der Waals surface area contributed by atoms with Gasteiger partial charge in [0.05, 0.1) is 28.3 Å². The lowest BCUT2D eigenvalue weighted by molar-refractivity contribution is 0.0866. The second-order valence-corrected chi connectivity index (χ2v) is 9.84. The van der Waals surface area contributed by atoms with Crippen molar-refractivity contribution in [3.05, 3.63) is 80.0 Å². The van der Waals surface area contributed by atoms with E-state index in [1.54, 1.807) is 30.1 Å². The van der Waals surface area contributed by atoms with Crippen LogP contribution in [0.1, 0.15) is 32.9 Å². The predicted octanol–water partition coefficient (Wildman–Crippen LogP) is 3.47. The molecule has 0 aromatic carbocycles. The third-order valence-electron chi connectivity index (χ3n) is 5.68. The van der Waals surface area contributed by atoms with Gasteiger partial charge in [0.15, 0.2) is 17.0 Å². The monoisotopic (exact) mass is 504 g/mol. The highest BCUT2D eigenvalue weighted by Crippen LogP contribution is 2.61. The highest BCUT2D eigenvalue weighted by molar-refractivity contribution is 7.11. The van der Waals surface area contributed by atoms with E-state index in [9.17, 15) is 0 Å². The van der Waals surface area contributed by atoms with E-state index in [2.05, 4.69) is 50.1 Å². The Bertz CT molecular complexity index is 1590. The number of hydrogen-bond donors (Lipinski definition) is 2. The van der Waals surface area contributed by atoms with Crippen molar-refractivity contribution in [3.63, 3.8) is 0 Å². The number of aromatic amines is 2. The SMILES string of the molecule is c1csc(C2(c3cnc4nc[nH]c4c3)OC(c3nn[nH]n3)=C(c3nccs3)C2c2csnn2)c1. The topological polar surface area (TPSA) is 144 Å². The molecule has 0 saturated carbocycles. The largest absolute Gasteiger partial charge is 0.471 e. The van der Waals surface area contributed by atoms with Crippen LogP contribution < -0.4 is 0 Å². The Balaban J connectivity index is 1.57. The average molecular weight is 505 g/mol. The fraction of sp³-hybridized carbons (Fsp3) is 0.100. The van der Waals surface area contributed by atoms with Gasteiger partial charge in [-0.1, -0.05) is 10.6 Å². The summed E-state index contributed by atoms with van der Waals surface area (Å²) in [6, 6.07) is 6.06. The molecule has 7 heterocycles. The second kappa shape index (κ2) is 7.58. The lowest BCUT2D eigenvalue weighted by Crippen LogP contribution is -2.34. The number of fused-ring (bicyclic) bond motifs is 1. The van der Waals surface area contributed by atoms with Gasteiger partial charge in [-0.3, -0.25) is 0 Å². The van der Waals surface area contributed by atoms with E-state index in [0.717, 1.165) is 32.2 Å². The molecule has 1 aliphatic rings. The van der Waals surface area contributed by atoms with Crippen molar-refractivity contribution in [1.29, 1.82) is 0 Å². The van der Waals surface area contributed by atoms with Crippen molar-refractivity contribution < 1.29 is 4.74 Å². The van der Waals surface area contributed by atoms with Crippen molar-refractivity contribution in [3.8, 4) is 0 Å². The van der Waals surface area contributed by atoms with Gasteiger partial charge < -0.3 is 9.72 Å². The molecule has 7 rings (SSSR count). The van der Waals surface area contributed by atoms with Crippen LogP contribution >= 0.6 is 34.2 Å². The van der Waals surface area contributed by atoms with Crippen LogP contribution in [-0.4, -0.2) is 50.1 Å². The molecular formula is C20H12N10OS3. The molecule has 6 aromatic heterocycles. The van der Waals surface area contributed by atoms with Gasteiger partial charge in [-0.25, -0.2) is 15.0 Å². The zero-order valence-corrected chi connectivity index (χ0v) is 19.4. The normalized spacial score (nSPS) is 20.3. The lowest BCUT2D eigenvalue weighted by atomic mass is 9.76. The number of thiazole rings is 1.